The fourth-order valence-electron chi connectivity index (χ4n) is 2.92. The molecule has 29 heavy (non-hydrogen) atoms. The van der Waals surface area contributed by atoms with Crippen molar-refractivity contribution in [3.63, 3.8) is 0 Å². The third-order valence-corrected chi connectivity index (χ3v) is 4.55. The molecule has 0 fully saturated rings. The molecular weight excluding hydrogens is 367 g/mol. The van der Waals surface area contributed by atoms with E-state index in [2.05, 4.69) is 20.4 Å². The molecule has 0 saturated carbocycles. The Hall–Kier alpha value is -3.11. The monoisotopic (exact) mass is 392 g/mol. The van der Waals surface area contributed by atoms with E-state index in [1.165, 1.54) is 12.3 Å². The van der Waals surface area contributed by atoms with Gasteiger partial charge in [-0.3, -0.25) is 0 Å². The van der Waals surface area contributed by atoms with Crippen LogP contribution in [0.3, 0.4) is 0 Å². The summed E-state index contributed by atoms with van der Waals surface area (Å²) in [5, 5.41) is 0. The normalized spacial score (nSPS) is 11.1. The number of para-hydroxylation sites is 1. The van der Waals surface area contributed by atoms with Crippen LogP contribution >= 0.6 is 0 Å². The fourth-order valence-corrected chi connectivity index (χ4v) is 2.92. The molecule has 0 radical (unpaired) electrons. The molecule has 0 aliphatic rings. The predicted molar refractivity (Wildman–Crippen MR) is 113 cm³/mol. The van der Waals surface area contributed by atoms with Gasteiger partial charge in [0, 0.05) is 5.41 Å². The lowest BCUT2D eigenvalue weighted by Crippen LogP contribution is -2.24. The average molecular weight is 392 g/mol. The van der Waals surface area contributed by atoms with Crippen LogP contribution in [-0.4, -0.2) is 6.61 Å². The van der Waals surface area contributed by atoms with Gasteiger partial charge in [0.2, 0.25) is 0 Å². The first-order chi connectivity index (χ1) is 14.0. The second kappa shape index (κ2) is 9.39. The Balaban J connectivity index is 1.60. The van der Waals surface area contributed by atoms with E-state index in [0.29, 0.717) is 19.0 Å². The predicted octanol–water partition coefficient (Wildman–Crippen LogP) is 6.63. The maximum absolute atomic E-state index is 14.1. The van der Waals surface area contributed by atoms with Gasteiger partial charge in [0.25, 0.3) is 0 Å². The Labute approximate surface area is 171 Å². The largest absolute Gasteiger partial charge is 0.466 e. The molecule has 0 bridgehead atoms. The first kappa shape index (κ1) is 20.6. The van der Waals surface area contributed by atoms with Gasteiger partial charge in [0.15, 0.2) is 11.6 Å². The van der Waals surface area contributed by atoms with Crippen LogP contribution in [0.2, 0.25) is 0 Å². The highest BCUT2D eigenvalue weighted by Crippen LogP contribution is 2.28. The first-order valence-corrected chi connectivity index (χ1v) is 9.45. The number of ether oxygens (including phenoxy) is 3. The zero-order valence-corrected chi connectivity index (χ0v) is 16.7. The summed E-state index contributed by atoms with van der Waals surface area (Å²) in [5.41, 5.74) is 1.81. The summed E-state index contributed by atoms with van der Waals surface area (Å²) in [4.78, 5) is 0. The minimum absolute atomic E-state index is 0.184. The molecule has 0 unspecified atom stereocenters. The molecule has 3 rings (SSSR count). The van der Waals surface area contributed by atoms with Crippen LogP contribution in [0.5, 0.6) is 17.2 Å². The van der Waals surface area contributed by atoms with Crippen LogP contribution in [0.1, 0.15) is 25.0 Å². The van der Waals surface area contributed by atoms with Crippen molar-refractivity contribution >= 4 is 0 Å². The van der Waals surface area contributed by atoms with Gasteiger partial charge in [-0.05, 0) is 47.5 Å². The van der Waals surface area contributed by atoms with Crippen LogP contribution in [0.15, 0.2) is 85.6 Å². The summed E-state index contributed by atoms with van der Waals surface area (Å²) < 4.78 is 30.9. The second-order valence-corrected chi connectivity index (χ2v) is 7.37. The fraction of sp³-hybridized carbons (Fsp3) is 0.200. The SMILES string of the molecule is C=COc1ccc(C(C)(C)COCc2ccc(F)c(Oc3ccccc3)c2)cc1. The highest BCUT2D eigenvalue weighted by Gasteiger charge is 2.21. The molecule has 3 nitrogen and oxygen atoms in total. The summed E-state index contributed by atoms with van der Waals surface area (Å²) >= 11 is 0. The first-order valence-electron chi connectivity index (χ1n) is 9.45. The lowest BCUT2D eigenvalue weighted by molar-refractivity contribution is 0.0823. The highest BCUT2D eigenvalue weighted by atomic mass is 19.1. The van der Waals surface area contributed by atoms with E-state index in [1.807, 2.05) is 42.5 Å². The van der Waals surface area contributed by atoms with Gasteiger partial charge < -0.3 is 14.2 Å². The van der Waals surface area contributed by atoms with Crippen molar-refractivity contribution in [3.8, 4) is 17.2 Å². The minimum Gasteiger partial charge on any atom is -0.466 e. The average Bonchev–Trinajstić information content (AvgIpc) is 2.72. The molecule has 0 aliphatic heterocycles. The van der Waals surface area contributed by atoms with Gasteiger partial charge in [-0.15, -0.1) is 0 Å². The quantitative estimate of drug-likeness (QED) is 0.382. The van der Waals surface area contributed by atoms with E-state index >= 15 is 0 Å². The highest BCUT2D eigenvalue weighted by molar-refractivity contribution is 5.35. The smallest absolute Gasteiger partial charge is 0.165 e. The van der Waals surface area contributed by atoms with Gasteiger partial charge >= 0.3 is 0 Å². The lowest BCUT2D eigenvalue weighted by atomic mass is 9.85. The van der Waals surface area contributed by atoms with E-state index in [9.17, 15) is 4.39 Å². The number of rotatable bonds is 9. The van der Waals surface area contributed by atoms with Crippen molar-refractivity contribution < 1.29 is 18.6 Å². The second-order valence-electron chi connectivity index (χ2n) is 7.37. The van der Waals surface area contributed by atoms with E-state index in [0.717, 1.165) is 16.9 Å². The third kappa shape index (κ3) is 5.69. The van der Waals surface area contributed by atoms with E-state index < -0.39 is 5.82 Å². The van der Waals surface area contributed by atoms with Crippen LogP contribution in [0, 0.1) is 5.82 Å². The Morgan fingerprint density at radius 2 is 1.66 bits per heavy atom. The van der Waals surface area contributed by atoms with Crippen molar-refractivity contribution in [2.45, 2.75) is 25.9 Å². The molecule has 0 spiro atoms. The van der Waals surface area contributed by atoms with Gasteiger partial charge in [-0.2, -0.15) is 0 Å². The summed E-state index contributed by atoms with van der Waals surface area (Å²) in [6.07, 6.45) is 1.40. The molecule has 3 aromatic rings. The molecule has 0 N–H and O–H groups in total. The number of benzene rings is 3. The third-order valence-electron chi connectivity index (χ3n) is 4.55. The maximum atomic E-state index is 14.1. The Morgan fingerprint density at radius 3 is 2.34 bits per heavy atom. The topological polar surface area (TPSA) is 27.7 Å². The van der Waals surface area contributed by atoms with E-state index in [4.69, 9.17) is 14.2 Å². The number of hydrogen-bond acceptors (Lipinski definition) is 3. The van der Waals surface area contributed by atoms with Crippen molar-refractivity contribution in [3.05, 3.63) is 103 Å². The number of hydrogen-bond donors (Lipinski definition) is 0. The van der Waals surface area contributed by atoms with Gasteiger partial charge in [-0.25, -0.2) is 4.39 Å². The molecule has 0 heterocycles. The molecular formula is C25H25FO3. The lowest BCUT2D eigenvalue weighted by Gasteiger charge is -2.25. The molecule has 0 aliphatic carbocycles. The van der Waals surface area contributed by atoms with E-state index in [-0.39, 0.29) is 11.2 Å². The van der Waals surface area contributed by atoms with Crippen LogP contribution in [0.25, 0.3) is 0 Å². The molecule has 0 amide bonds. The molecule has 150 valence electrons. The van der Waals surface area contributed by atoms with Crippen molar-refractivity contribution in [1.82, 2.24) is 0 Å². The molecule has 0 aromatic heterocycles. The Morgan fingerprint density at radius 1 is 0.931 bits per heavy atom. The van der Waals surface area contributed by atoms with Crippen LogP contribution in [0.4, 0.5) is 4.39 Å². The summed E-state index contributed by atoms with van der Waals surface area (Å²) in [7, 11) is 0. The molecule has 4 heteroatoms. The van der Waals surface area contributed by atoms with Crippen LogP contribution in [-0.2, 0) is 16.8 Å². The van der Waals surface area contributed by atoms with Crippen LogP contribution < -0.4 is 9.47 Å². The van der Waals surface area contributed by atoms with Gasteiger partial charge in [-0.1, -0.05) is 56.8 Å². The Bertz CT molecular complexity index is 934. The zero-order chi connectivity index (χ0) is 20.7. The minimum atomic E-state index is -0.403. The van der Waals surface area contributed by atoms with Crippen molar-refractivity contribution in [2.24, 2.45) is 0 Å². The van der Waals surface area contributed by atoms with Crippen molar-refractivity contribution in [2.75, 3.05) is 6.61 Å². The van der Waals surface area contributed by atoms with E-state index in [1.54, 1.807) is 24.3 Å². The molecule has 3 aromatic carbocycles. The van der Waals surface area contributed by atoms with Gasteiger partial charge in [0.1, 0.15) is 11.5 Å². The standard InChI is InChI=1S/C25H25FO3/c1-4-28-21-13-11-20(12-14-21)25(2,3)18-27-17-19-10-15-23(26)24(16-19)29-22-8-6-5-7-9-22/h4-16H,1,17-18H2,2-3H3. The number of halogens is 1. The van der Waals surface area contributed by atoms with Crippen molar-refractivity contribution in [1.29, 1.82) is 0 Å². The van der Waals surface area contributed by atoms with Gasteiger partial charge in [0.05, 0.1) is 19.5 Å². The molecule has 0 atom stereocenters. The summed E-state index contributed by atoms with van der Waals surface area (Å²) in [6.45, 7) is 8.67. The summed E-state index contributed by atoms with van der Waals surface area (Å²) in [6, 6.07) is 21.8. The summed E-state index contributed by atoms with van der Waals surface area (Å²) in [5.74, 6) is 1.13. The maximum Gasteiger partial charge on any atom is 0.165 e. The zero-order valence-electron chi connectivity index (χ0n) is 16.7. The molecule has 0 saturated heterocycles. The Kier molecular flexibility index (Phi) is 6.68.